The van der Waals surface area contributed by atoms with Crippen LogP contribution in [-0.4, -0.2) is 53.2 Å². The quantitative estimate of drug-likeness (QED) is 0.220. The van der Waals surface area contributed by atoms with Crippen molar-refractivity contribution in [3.8, 4) is 10.7 Å². The number of aromatic nitrogens is 6. The summed E-state index contributed by atoms with van der Waals surface area (Å²) in [6, 6.07) is 8.24. The molecule has 0 saturated heterocycles. The molecule has 1 fully saturated rings. The number of nitrogens with one attached hydrogen (secondary N) is 3. The zero-order valence-corrected chi connectivity index (χ0v) is 27.2. The lowest BCUT2D eigenvalue weighted by Crippen LogP contribution is -2.36. The fourth-order valence-corrected chi connectivity index (χ4v) is 7.23. The number of nitrogens with zero attached hydrogens (tertiary/aromatic N) is 6. The normalized spacial score (nSPS) is 16.1. The number of carbonyl (C=O) groups is 3. The first-order valence-electron chi connectivity index (χ1n) is 14.8. The zero-order valence-electron chi connectivity index (χ0n) is 25.6. The second-order valence-corrected chi connectivity index (χ2v) is 14.6. The molecule has 3 amide bonds. The largest absolute Gasteiger partial charge is 0.444 e. The second kappa shape index (κ2) is 11.6. The number of pyridine rings is 2. The summed E-state index contributed by atoms with van der Waals surface area (Å²) >= 11 is 2.51. The minimum absolute atomic E-state index is 0.0448. The molecule has 1 saturated carbocycles. The number of amides is 3. The Morgan fingerprint density at radius 3 is 2.62 bits per heavy atom. The number of hydrogen-bond acceptors (Lipinski definition) is 12. The van der Waals surface area contributed by atoms with E-state index in [1.807, 2.05) is 12.1 Å². The van der Waals surface area contributed by atoms with E-state index in [-0.39, 0.29) is 28.6 Å². The number of rotatable bonds is 7. The van der Waals surface area contributed by atoms with Crippen LogP contribution >= 0.6 is 22.7 Å². The summed E-state index contributed by atoms with van der Waals surface area (Å²) in [7, 11) is 0. The van der Waals surface area contributed by atoms with Gasteiger partial charge in [-0.3, -0.25) is 29.3 Å². The Hall–Kier alpha value is -5.09. The van der Waals surface area contributed by atoms with Crippen LogP contribution in [0, 0.1) is 0 Å². The molecule has 7 rings (SSSR count). The number of hydrogen-bond donors (Lipinski definition) is 3. The van der Waals surface area contributed by atoms with E-state index in [4.69, 9.17) is 4.74 Å². The van der Waals surface area contributed by atoms with E-state index in [2.05, 4.69) is 41.1 Å². The average Bonchev–Trinajstić information content (AvgIpc) is 3.34. The Kier molecular flexibility index (Phi) is 7.55. The molecule has 47 heavy (non-hydrogen) atoms. The smallest absolute Gasteiger partial charge is 0.413 e. The minimum atomic E-state index is -0.776. The molecule has 1 aliphatic heterocycles. The van der Waals surface area contributed by atoms with Gasteiger partial charge in [0.25, 0.3) is 11.5 Å². The highest BCUT2D eigenvalue weighted by Crippen LogP contribution is 2.56. The van der Waals surface area contributed by atoms with E-state index < -0.39 is 29.2 Å². The van der Waals surface area contributed by atoms with Crippen LogP contribution in [0.5, 0.6) is 0 Å². The van der Waals surface area contributed by atoms with Gasteiger partial charge in [-0.2, -0.15) is 0 Å². The average molecular weight is 672 g/mol. The van der Waals surface area contributed by atoms with Crippen LogP contribution in [0.2, 0.25) is 0 Å². The predicted octanol–water partition coefficient (Wildman–Crippen LogP) is 4.66. The first kappa shape index (κ1) is 30.6. The van der Waals surface area contributed by atoms with Crippen molar-refractivity contribution >= 4 is 62.2 Å². The molecule has 14 nitrogen and oxygen atoms in total. The summed E-state index contributed by atoms with van der Waals surface area (Å²) in [6.07, 6.45) is 6.15. The summed E-state index contributed by atoms with van der Waals surface area (Å²) in [5.74, 6) is 0.00494. The summed E-state index contributed by atoms with van der Waals surface area (Å²) < 4.78 is 7.59. The highest BCUT2D eigenvalue weighted by atomic mass is 32.1. The third kappa shape index (κ3) is 6.20. The fraction of sp³-hybridized carbons (Fsp3) is 0.323. The third-order valence-corrected chi connectivity index (χ3v) is 9.83. The molecule has 0 aromatic carbocycles. The van der Waals surface area contributed by atoms with E-state index >= 15 is 0 Å². The molecular formula is C31H29N9O5S2. The lowest BCUT2D eigenvalue weighted by Gasteiger charge is -2.19. The van der Waals surface area contributed by atoms with Crippen molar-refractivity contribution in [2.45, 2.75) is 63.6 Å². The van der Waals surface area contributed by atoms with Crippen molar-refractivity contribution in [1.82, 2.24) is 35.0 Å². The Morgan fingerprint density at radius 1 is 1.04 bits per heavy atom. The zero-order chi connectivity index (χ0) is 32.9. The lowest BCUT2D eigenvalue weighted by molar-refractivity contribution is -0.124. The first-order chi connectivity index (χ1) is 22.5. The van der Waals surface area contributed by atoms with Crippen LogP contribution in [0.25, 0.3) is 20.8 Å². The third-order valence-electron chi connectivity index (χ3n) is 7.79. The monoisotopic (exact) mass is 671 g/mol. The van der Waals surface area contributed by atoms with Gasteiger partial charge in [0, 0.05) is 32.8 Å². The van der Waals surface area contributed by atoms with E-state index in [1.54, 1.807) is 51.4 Å². The number of anilines is 2. The molecule has 240 valence electrons. The highest BCUT2D eigenvalue weighted by molar-refractivity contribution is 7.19. The molecule has 16 heteroatoms. The van der Waals surface area contributed by atoms with Crippen LogP contribution in [0.3, 0.4) is 0 Å². The SMILES string of the molecule is CC(C)(C)OC(=O)Nc1cc2sc(CNC(=O)[C@@H]3CC4(CC4)c4ncc(NC(=O)c5nnc(-c6ccccn6)s5)c(=O)n43)cc2cn1. The summed E-state index contributed by atoms with van der Waals surface area (Å²) in [5.41, 5.74) is -0.917. The van der Waals surface area contributed by atoms with Gasteiger partial charge in [0.05, 0.1) is 12.7 Å². The summed E-state index contributed by atoms with van der Waals surface area (Å²) in [6.45, 7) is 5.58. The molecule has 0 bridgehead atoms. The number of ether oxygens (including phenoxy) is 1. The van der Waals surface area contributed by atoms with Crippen molar-refractivity contribution in [1.29, 1.82) is 0 Å². The maximum Gasteiger partial charge on any atom is 0.413 e. The van der Waals surface area contributed by atoms with E-state index in [0.29, 0.717) is 28.8 Å². The number of thiophene rings is 1. The molecule has 1 atom stereocenters. The van der Waals surface area contributed by atoms with Crippen LogP contribution in [0.4, 0.5) is 16.3 Å². The second-order valence-electron chi connectivity index (χ2n) is 12.4. The van der Waals surface area contributed by atoms with Gasteiger partial charge < -0.3 is 15.4 Å². The number of carbonyl (C=O) groups excluding carboxylic acids is 3. The van der Waals surface area contributed by atoms with E-state index in [1.165, 1.54) is 22.1 Å². The van der Waals surface area contributed by atoms with Gasteiger partial charge >= 0.3 is 6.09 Å². The molecule has 3 N–H and O–H groups in total. The van der Waals surface area contributed by atoms with Gasteiger partial charge in [-0.1, -0.05) is 17.4 Å². The maximum absolute atomic E-state index is 13.7. The molecule has 1 aliphatic carbocycles. The van der Waals surface area contributed by atoms with Crippen molar-refractivity contribution in [2.24, 2.45) is 0 Å². The van der Waals surface area contributed by atoms with Crippen molar-refractivity contribution in [3.05, 3.63) is 75.0 Å². The molecule has 2 aliphatic rings. The van der Waals surface area contributed by atoms with Crippen LogP contribution in [0.1, 0.15) is 66.6 Å². The number of fused-ring (bicyclic) bond motifs is 3. The predicted molar refractivity (Wildman–Crippen MR) is 175 cm³/mol. The molecule has 0 unspecified atom stereocenters. The van der Waals surface area contributed by atoms with Crippen LogP contribution < -0.4 is 21.5 Å². The lowest BCUT2D eigenvalue weighted by atomic mass is 10.0. The molecule has 5 aromatic rings. The van der Waals surface area contributed by atoms with Gasteiger partial charge in [-0.15, -0.1) is 21.5 Å². The Balaban J connectivity index is 1.05. The van der Waals surface area contributed by atoms with E-state index in [9.17, 15) is 19.2 Å². The first-order valence-corrected chi connectivity index (χ1v) is 16.5. The molecule has 1 spiro atoms. The van der Waals surface area contributed by atoms with Gasteiger partial charge in [0.2, 0.25) is 10.9 Å². The van der Waals surface area contributed by atoms with Crippen molar-refractivity contribution in [2.75, 3.05) is 10.6 Å². The summed E-state index contributed by atoms with van der Waals surface area (Å²) in [5, 5.41) is 17.6. The van der Waals surface area contributed by atoms with Crippen molar-refractivity contribution in [3.63, 3.8) is 0 Å². The maximum atomic E-state index is 13.7. The van der Waals surface area contributed by atoms with Gasteiger partial charge in [-0.05, 0) is 64.3 Å². The molecule has 0 radical (unpaired) electrons. The van der Waals surface area contributed by atoms with Gasteiger partial charge in [0.15, 0.2) is 5.01 Å². The minimum Gasteiger partial charge on any atom is -0.444 e. The fourth-order valence-electron chi connectivity index (χ4n) is 5.51. The van der Waals surface area contributed by atoms with Crippen LogP contribution in [0.15, 0.2) is 53.7 Å². The van der Waals surface area contributed by atoms with Crippen molar-refractivity contribution < 1.29 is 19.1 Å². The molecule has 5 aromatic heterocycles. The van der Waals surface area contributed by atoms with Gasteiger partial charge in [-0.25, -0.2) is 14.8 Å². The summed E-state index contributed by atoms with van der Waals surface area (Å²) in [4.78, 5) is 66.4. The highest BCUT2D eigenvalue weighted by Gasteiger charge is 2.56. The Morgan fingerprint density at radius 2 is 1.87 bits per heavy atom. The Labute approximate surface area is 275 Å². The topological polar surface area (TPSA) is 183 Å². The standard InChI is InChI=1S/C31H29N9O5S2/c1-30(2,3)45-29(44)37-22-11-21-16(13-33-22)10-17(46-21)14-34-23(41)20-12-31(7-8-31)28-35-15-19(27(43)40(20)28)36-24(42)26-39-38-25(47-26)18-6-4-5-9-32-18/h4-6,9-11,13,15,20H,7-8,12,14H2,1-3H3,(H,34,41)(H,36,42)(H,33,37,44)/t20-/m0/s1. The molecule has 6 heterocycles. The Bertz CT molecular complexity index is 2100. The van der Waals surface area contributed by atoms with Gasteiger partial charge in [0.1, 0.15) is 34.7 Å². The molecular weight excluding hydrogens is 643 g/mol. The van der Waals surface area contributed by atoms with Crippen LogP contribution in [-0.2, 0) is 21.5 Å². The van der Waals surface area contributed by atoms with E-state index in [0.717, 1.165) is 39.1 Å².